The summed E-state index contributed by atoms with van der Waals surface area (Å²) in [7, 11) is 1.84. The molecule has 1 amide bonds. The number of benzene rings is 1. The van der Waals surface area contributed by atoms with Crippen LogP contribution in [-0.2, 0) is 4.79 Å². The summed E-state index contributed by atoms with van der Waals surface area (Å²) in [6.45, 7) is 0.101. The summed E-state index contributed by atoms with van der Waals surface area (Å²) in [5.74, 6) is 0.132. The quantitative estimate of drug-likeness (QED) is 0.582. The summed E-state index contributed by atoms with van der Waals surface area (Å²) >= 11 is 5.78. The van der Waals surface area contributed by atoms with Crippen LogP contribution in [-0.4, -0.2) is 47.5 Å². The molecule has 9 heteroatoms. The van der Waals surface area contributed by atoms with Gasteiger partial charge in [-0.2, -0.15) is 0 Å². The maximum absolute atomic E-state index is 12.4. The van der Waals surface area contributed by atoms with Gasteiger partial charge in [0.1, 0.15) is 0 Å². The average Bonchev–Trinajstić information content (AvgIpc) is 2.93. The molecule has 2 atom stereocenters. The molecule has 2 aliphatic heterocycles. The first-order valence-corrected chi connectivity index (χ1v) is 8.90. The van der Waals surface area contributed by atoms with Gasteiger partial charge in [-0.25, -0.2) is 0 Å². The van der Waals surface area contributed by atoms with E-state index in [1.165, 1.54) is 31.0 Å². The number of fused-ring (bicyclic) bond motifs is 2. The van der Waals surface area contributed by atoms with Crippen LogP contribution >= 0.6 is 24.0 Å². The van der Waals surface area contributed by atoms with Crippen molar-refractivity contribution in [3.8, 4) is 5.75 Å². The van der Waals surface area contributed by atoms with Crippen molar-refractivity contribution < 1.29 is 14.5 Å². The fraction of sp³-hybridized carbons (Fsp3) is 0.588. The lowest BCUT2D eigenvalue weighted by molar-refractivity contribution is -0.385. The molecule has 2 heterocycles. The minimum atomic E-state index is -0.542. The fourth-order valence-electron chi connectivity index (χ4n) is 3.73. The Kier molecular flexibility index (Phi) is 7.08. The van der Waals surface area contributed by atoms with E-state index in [1.54, 1.807) is 0 Å². The van der Waals surface area contributed by atoms with Crippen LogP contribution in [0.2, 0.25) is 5.02 Å². The minimum Gasteiger partial charge on any atom is -0.486 e. The monoisotopic (exact) mass is 403 g/mol. The van der Waals surface area contributed by atoms with Crippen molar-refractivity contribution in [1.82, 2.24) is 10.2 Å². The number of rotatable bonds is 6. The molecule has 0 aliphatic carbocycles. The lowest BCUT2D eigenvalue weighted by Gasteiger charge is -2.35. The lowest BCUT2D eigenvalue weighted by Crippen LogP contribution is -2.48. The molecule has 3 rings (SSSR count). The Labute approximate surface area is 163 Å². The Morgan fingerprint density at radius 2 is 2.04 bits per heavy atom. The van der Waals surface area contributed by atoms with Gasteiger partial charge in [0.05, 0.1) is 18.0 Å². The third-order valence-corrected chi connectivity index (χ3v) is 5.32. The maximum Gasteiger partial charge on any atom is 0.312 e. The Balaban J connectivity index is 0.00000243. The number of carbonyl (C=O) groups excluding carboxylic acids is 1. The van der Waals surface area contributed by atoms with Crippen molar-refractivity contribution in [3.63, 3.8) is 0 Å². The predicted octanol–water partition coefficient (Wildman–Crippen LogP) is 3.18. The number of hydrogen-bond acceptors (Lipinski definition) is 5. The van der Waals surface area contributed by atoms with Gasteiger partial charge in [0.25, 0.3) is 0 Å². The van der Waals surface area contributed by atoms with Crippen LogP contribution in [0.4, 0.5) is 5.69 Å². The van der Waals surface area contributed by atoms with Crippen molar-refractivity contribution in [1.29, 1.82) is 0 Å². The van der Waals surface area contributed by atoms with E-state index in [1.807, 2.05) is 11.9 Å². The topological polar surface area (TPSA) is 84.7 Å². The van der Waals surface area contributed by atoms with Gasteiger partial charge in [-0.1, -0.05) is 11.6 Å². The molecule has 2 fully saturated rings. The molecule has 1 aromatic carbocycles. The van der Waals surface area contributed by atoms with Crippen LogP contribution in [0.1, 0.15) is 32.1 Å². The molecule has 2 aliphatic rings. The number of halogens is 2. The van der Waals surface area contributed by atoms with Gasteiger partial charge >= 0.3 is 5.69 Å². The van der Waals surface area contributed by atoms with Crippen molar-refractivity contribution in [3.05, 3.63) is 33.3 Å². The van der Waals surface area contributed by atoms with Crippen LogP contribution < -0.4 is 10.1 Å². The van der Waals surface area contributed by atoms with Crippen LogP contribution in [0.15, 0.2) is 18.2 Å². The molecule has 144 valence electrons. The van der Waals surface area contributed by atoms with Gasteiger partial charge in [-0.3, -0.25) is 14.9 Å². The van der Waals surface area contributed by atoms with E-state index in [-0.39, 0.29) is 53.8 Å². The van der Waals surface area contributed by atoms with E-state index >= 15 is 0 Å². The van der Waals surface area contributed by atoms with Gasteiger partial charge in [-0.15, -0.1) is 12.4 Å². The van der Waals surface area contributed by atoms with Crippen LogP contribution in [0.5, 0.6) is 5.75 Å². The third-order valence-electron chi connectivity index (χ3n) is 5.08. The smallest absolute Gasteiger partial charge is 0.312 e. The molecular formula is C17H23Cl2N3O4. The average molecular weight is 404 g/mol. The highest BCUT2D eigenvalue weighted by atomic mass is 35.5. The molecule has 1 N–H and O–H groups in total. The Morgan fingerprint density at radius 3 is 2.65 bits per heavy atom. The van der Waals surface area contributed by atoms with Gasteiger partial charge in [0, 0.05) is 36.3 Å². The first kappa shape index (κ1) is 20.7. The zero-order valence-electron chi connectivity index (χ0n) is 14.5. The normalized spacial score (nSPS) is 23.8. The number of carbonyl (C=O) groups is 1. The Bertz CT molecular complexity index is 661. The van der Waals surface area contributed by atoms with E-state index in [9.17, 15) is 14.9 Å². The number of ether oxygens (including phenoxy) is 1. The molecule has 0 radical (unpaired) electrons. The van der Waals surface area contributed by atoms with E-state index in [2.05, 4.69) is 5.32 Å². The second-order valence-electron chi connectivity index (χ2n) is 6.74. The first-order valence-electron chi connectivity index (χ1n) is 8.52. The van der Waals surface area contributed by atoms with Crippen LogP contribution in [0, 0.1) is 10.1 Å². The van der Waals surface area contributed by atoms with Crippen LogP contribution in [0.25, 0.3) is 0 Å². The van der Waals surface area contributed by atoms with Gasteiger partial charge < -0.3 is 15.0 Å². The standard InChI is InChI=1S/C17H22ClN3O4.ClH/c1-20(14-9-12-3-4-13(10-14)19-12)17(22)6-7-25-16-5-2-11(18)8-15(16)21(23)24;/h2,5,8,12-14,19H,3-4,6-7,9-10H2,1H3;1H. The number of nitro groups is 1. The van der Waals surface area contributed by atoms with Gasteiger partial charge in [-0.05, 0) is 37.8 Å². The van der Waals surface area contributed by atoms with Crippen molar-refractivity contribution >= 4 is 35.6 Å². The summed E-state index contributed by atoms with van der Waals surface area (Å²) < 4.78 is 5.46. The second-order valence-corrected chi connectivity index (χ2v) is 7.17. The van der Waals surface area contributed by atoms with E-state index in [0.717, 1.165) is 12.8 Å². The summed E-state index contributed by atoms with van der Waals surface area (Å²) in [5.41, 5.74) is -0.191. The zero-order valence-corrected chi connectivity index (χ0v) is 16.1. The number of piperidine rings is 1. The molecule has 1 aromatic rings. The molecule has 26 heavy (non-hydrogen) atoms. The molecular weight excluding hydrogens is 381 g/mol. The van der Waals surface area contributed by atoms with Crippen LogP contribution in [0.3, 0.4) is 0 Å². The van der Waals surface area contributed by atoms with Crippen molar-refractivity contribution in [2.24, 2.45) is 0 Å². The lowest BCUT2D eigenvalue weighted by atomic mass is 9.98. The van der Waals surface area contributed by atoms with E-state index in [0.29, 0.717) is 12.1 Å². The largest absolute Gasteiger partial charge is 0.486 e. The highest BCUT2D eigenvalue weighted by molar-refractivity contribution is 6.30. The Morgan fingerprint density at radius 1 is 1.38 bits per heavy atom. The second kappa shape index (κ2) is 8.88. The van der Waals surface area contributed by atoms with Crippen molar-refractivity contribution in [2.75, 3.05) is 13.7 Å². The highest BCUT2D eigenvalue weighted by Gasteiger charge is 2.36. The number of nitro benzene ring substituents is 1. The SMILES string of the molecule is CN(C(=O)CCOc1ccc(Cl)cc1[N+](=O)[O-])C1CC2CCC(C1)N2.Cl. The van der Waals surface area contributed by atoms with Crippen molar-refractivity contribution in [2.45, 2.75) is 50.2 Å². The minimum absolute atomic E-state index is 0. The number of hydrogen-bond donors (Lipinski definition) is 1. The van der Waals surface area contributed by atoms with Gasteiger partial charge in [0.15, 0.2) is 5.75 Å². The summed E-state index contributed by atoms with van der Waals surface area (Å²) in [6, 6.07) is 5.53. The molecule has 7 nitrogen and oxygen atoms in total. The summed E-state index contributed by atoms with van der Waals surface area (Å²) in [6.07, 6.45) is 4.54. The molecule has 2 saturated heterocycles. The highest BCUT2D eigenvalue weighted by Crippen LogP contribution is 2.31. The third kappa shape index (κ3) is 4.78. The first-order chi connectivity index (χ1) is 11.9. The summed E-state index contributed by atoms with van der Waals surface area (Å²) in [5, 5.41) is 14.9. The molecule has 0 saturated carbocycles. The number of amides is 1. The summed E-state index contributed by atoms with van der Waals surface area (Å²) in [4.78, 5) is 24.7. The Hall–Kier alpha value is -1.57. The molecule has 2 unspecified atom stereocenters. The van der Waals surface area contributed by atoms with E-state index in [4.69, 9.17) is 16.3 Å². The molecule has 2 bridgehead atoms. The predicted molar refractivity (Wildman–Crippen MR) is 101 cm³/mol. The van der Waals surface area contributed by atoms with E-state index < -0.39 is 4.92 Å². The molecule has 0 spiro atoms. The number of nitrogens with one attached hydrogen (secondary N) is 1. The fourth-order valence-corrected chi connectivity index (χ4v) is 3.89. The molecule has 0 aromatic heterocycles. The zero-order chi connectivity index (χ0) is 18.0. The number of nitrogens with zero attached hydrogens (tertiary/aromatic N) is 2. The van der Waals surface area contributed by atoms with Gasteiger partial charge in [0.2, 0.25) is 5.91 Å². The maximum atomic E-state index is 12.4.